The van der Waals surface area contributed by atoms with Crippen molar-refractivity contribution in [2.45, 2.75) is 6.18 Å². The highest BCUT2D eigenvalue weighted by molar-refractivity contribution is 9.10. The van der Waals surface area contributed by atoms with Gasteiger partial charge in [0, 0.05) is 10.2 Å². The Kier molecular flexibility index (Phi) is 4.15. The van der Waals surface area contributed by atoms with Gasteiger partial charge in [0.15, 0.2) is 0 Å². The van der Waals surface area contributed by atoms with Crippen molar-refractivity contribution in [2.75, 3.05) is 11.1 Å². The monoisotopic (exact) mass is 364 g/mol. The average molecular weight is 366 g/mol. The molecule has 0 aliphatic rings. The Hall–Kier alpha value is -1.40. The van der Waals surface area contributed by atoms with Gasteiger partial charge in [-0.1, -0.05) is 27.5 Å². The van der Waals surface area contributed by atoms with E-state index in [0.29, 0.717) is 10.7 Å². The molecule has 7 heteroatoms. The summed E-state index contributed by atoms with van der Waals surface area (Å²) in [5.74, 6) is 0. The topological polar surface area (TPSA) is 38.0 Å². The maximum Gasteiger partial charge on any atom is 0.418 e. The number of nitrogen functional groups attached to an aromatic ring is 1. The molecule has 2 rings (SSSR count). The van der Waals surface area contributed by atoms with Crippen LogP contribution in [0.3, 0.4) is 0 Å². The van der Waals surface area contributed by atoms with Crippen LogP contribution in [-0.4, -0.2) is 0 Å². The average Bonchev–Trinajstić information content (AvgIpc) is 2.33. The predicted octanol–water partition coefficient (Wildman–Crippen LogP) is 5.45. The SMILES string of the molecule is Nc1ccc(Nc2ccc(Br)cc2Cl)c(C(F)(F)F)c1. The fourth-order valence-corrected chi connectivity index (χ4v) is 2.36. The molecule has 2 aromatic carbocycles. The van der Waals surface area contributed by atoms with Crippen LogP contribution in [0.2, 0.25) is 5.02 Å². The molecule has 20 heavy (non-hydrogen) atoms. The number of anilines is 3. The molecule has 0 bridgehead atoms. The number of alkyl halides is 3. The molecule has 0 heterocycles. The van der Waals surface area contributed by atoms with E-state index in [-0.39, 0.29) is 11.4 Å². The molecule has 0 atom stereocenters. The fourth-order valence-electron chi connectivity index (χ4n) is 1.64. The van der Waals surface area contributed by atoms with E-state index in [1.165, 1.54) is 12.1 Å². The van der Waals surface area contributed by atoms with Crippen molar-refractivity contribution in [3.05, 3.63) is 51.5 Å². The van der Waals surface area contributed by atoms with Crippen molar-refractivity contribution in [1.29, 1.82) is 0 Å². The van der Waals surface area contributed by atoms with Gasteiger partial charge in [-0.15, -0.1) is 0 Å². The Labute approximate surface area is 126 Å². The van der Waals surface area contributed by atoms with Crippen LogP contribution in [0.25, 0.3) is 0 Å². The number of halogens is 5. The zero-order valence-corrected chi connectivity index (χ0v) is 12.3. The summed E-state index contributed by atoms with van der Waals surface area (Å²) in [5.41, 5.74) is 4.90. The zero-order valence-electron chi connectivity index (χ0n) is 9.93. The summed E-state index contributed by atoms with van der Waals surface area (Å²) in [7, 11) is 0. The Balaban J connectivity index is 2.43. The Bertz CT molecular complexity index is 644. The van der Waals surface area contributed by atoms with Gasteiger partial charge in [0.2, 0.25) is 0 Å². The summed E-state index contributed by atoms with van der Waals surface area (Å²) >= 11 is 9.21. The second-order valence-corrected chi connectivity index (χ2v) is 5.37. The van der Waals surface area contributed by atoms with Crippen LogP contribution in [0.5, 0.6) is 0 Å². The highest BCUT2D eigenvalue weighted by Gasteiger charge is 2.33. The molecule has 0 aliphatic carbocycles. The molecule has 0 aliphatic heterocycles. The fraction of sp³-hybridized carbons (Fsp3) is 0.0769. The number of hydrogen-bond acceptors (Lipinski definition) is 2. The Morgan fingerprint density at radius 1 is 1.05 bits per heavy atom. The maximum absolute atomic E-state index is 13.0. The molecule has 106 valence electrons. The molecule has 0 amide bonds. The molecule has 0 aromatic heterocycles. The first kappa shape index (κ1) is 15.0. The van der Waals surface area contributed by atoms with Crippen LogP contribution in [0.15, 0.2) is 40.9 Å². The molecule has 3 N–H and O–H groups in total. The van der Waals surface area contributed by atoms with Crippen LogP contribution in [0.4, 0.5) is 30.2 Å². The van der Waals surface area contributed by atoms with Crippen molar-refractivity contribution >= 4 is 44.6 Å². The maximum atomic E-state index is 13.0. The molecule has 2 aromatic rings. The van der Waals surface area contributed by atoms with Crippen molar-refractivity contribution in [3.63, 3.8) is 0 Å². The number of nitrogens with two attached hydrogens (primary N) is 1. The predicted molar refractivity (Wildman–Crippen MR) is 78.3 cm³/mol. The summed E-state index contributed by atoms with van der Waals surface area (Å²) in [6.45, 7) is 0. The molecule has 0 fully saturated rings. The van der Waals surface area contributed by atoms with E-state index in [0.717, 1.165) is 10.5 Å². The van der Waals surface area contributed by atoms with E-state index in [1.807, 2.05) is 0 Å². The zero-order chi connectivity index (χ0) is 14.9. The molecule has 0 unspecified atom stereocenters. The quantitative estimate of drug-likeness (QED) is 0.695. The smallest absolute Gasteiger partial charge is 0.399 e. The van der Waals surface area contributed by atoms with E-state index >= 15 is 0 Å². The largest absolute Gasteiger partial charge is 0.418 e. The number of nitrogens with one attached hydrogen (secondary N) is 1. The number of rotatable bonds is 2. The first-order valence-electron chi connectivity index (χ1n) is 5.46. The molecule has 2 nitrogen and oxygen atoms in total. The third-order valence-corrected chi connectivity index (χ3v) is 3.36. The Morgan fingerprint density at radius 2 is 1.70 bits per heavy atom. The molecular weight excluding hydrogens is 357 g/mol. The summed E-state index contributed by atoms with van der Waals surface area (Å²) in [4.78, 5) is 0. The lowest BCUT2D eigenvalue weighted by atomic mass is 10.1. The molecular formula is C13H9BrClF3N2. The lowest BCUT2D eigenvalue weighted by Gasteiger charge is -2.16. The van der Waals surface area contributed by atoms with Crippen LogP contribution in [0, 0.1) is 0 Å². The van der Waals surface area contributed by atoms with Crippen molar-refractivity contribution in [2.24, 2.45) is 0 Å². The van der Waals surface area contributed by atoms with Gasteiger partial charge in [0.1, 0.15) is 0 Å². The van der Waals surface area contributed by atoms with Crippen LogP contribution in [-0.2, 0) is 6.18 Å². The van der Waals surface area contributed by atoms with Crippen LogP contribution < -0.4 is 11.1 Å². The molecule has 0 radical (unpaired) electrons. The van der Waals surface area contributed by atoms with E-state index in [1.54, 1.807) is 18.2 Å². The van der Waals surface area contributed by atoms with Gasteiger partial charge in [-0.2, -0.15) is 13.2 Å². The minimum atomic E-state index is -4.50. The first-order chi connectivity index (χ1) is 9.27. The van der Waals surface area contributed by atoms with E-state index in [4.69, 9.17) is 17.3 Å². The molecule has 0 saturated carbocycles. The normalized spacial score (nSPS) is 11.4. The number of hydrogen-bond donors (Lipinski definition) is 2. The van der Waals surface area contributed by atoms with Crippen molar-refractivity contribution in [1.82, 2.24) is 0 Å². The second-order valence-electron chi connectivity index (χ2n) is 4.05. The van der Waals surface area contributed by atoms with E-state index < -0.39 is 11.7 Å². The van der Waals surface area contributed by atoms with Crippen molar-refractivity contribution in [3.8, 4) is 0 Å². The first-order valence-corrected chi connectivity index (χ1v) is 6.63. The van der Waals surface area contributed by atoms with Gasteiger partial charge >= 0.3 is 6.18 Å². The van der Waals surface area contributed by atoms with Gasteiger partial charge in [0.05, 0.1) is 22.0 Å². The van der Waals surface area contributed by atoms with Crippen LogP contribution >= 0.6 is 27.5 Å². The lowest BCUT2D eigenvalue weighted by Crippen LogP contribution is -2.09. The second kappa shape index (κ2) is 5.54. The minimum absolute atomic E-state index is 0.0461. The standard InChI is InChI=1S/C13H9BrClF3N2/c14-7-1-3-12(10(15)5-7)20-11-4-2-8(19)6-9(11)13(16,17)18/h1-6,20H,19H2. The lowest BCUT2D eigenvalue weighted by molar-refractivity contribution is -0.136. The summed E-state index contributed by atoms with van der Waals surface area (Å²) in [5, 5.41) is 2.98. The number of benzene rings is 2. The Morgan fingerprint density at radius 3 is 2.30 bits per heavy atom. The van der Waals surface area contributed by atoms with Crippen molar-refractivity contribution < 1.29 is 13.2 Å². The van der Waals surface area contributed by atoms with Gasteiger partial charge in [-0.05, 0) is 36.4 Å². The summed E-state index contributed by atoms with van der Waals surface area (Å²) in [6.07, 6.45) is -4.50. The third kappa shape index (κ3) is 3.37. The van der Waals surface area contributed by atoms with Gasteiger partial charge in [0.25, 0.3) is 0 Å². The summed E-state index contributed by atoms with van der Waals surface area (Å²) in [6, 6.07) is 8.41. The molecule has 0 saturated heterocycles. The van der Waals surface area contributed by atoms with Gasteiger partial charge in [-0.3, -0.25) is 0 Å². The highest BCUT2D eigenvalue weighted by Crippen LogP contribution is 2.38. The molecule has 0 spiro atoms. The minimum Gasteiger partial charge on any atom is -0.399 e. The van der Waals surface area contributed by atoms with E-state index in [9.17, 15) is 13.2 Å². The highest BCUT2D eigenvalue weighted by atomic mass is 79.9. The van der Waals surface area contributed by atoms with Crippen LogP contribution in [0.1, 0.15) is 5.56 Å². The third-order valence-electron chi connectivity index (χ3n) is 2.55. The van der Waals surface area contributed by atoms with Gasteiger partial charge < -0.3 is 11.1 Å². The summed E-state index contributed by atoms with van der Waals surface area (Å²) < 4.78 is 39.6. The van der Waals surface area contributed by atoms with E-state index in [2.05, 4.69) is 21.2 Å². The van der Waals surface area contributed by atoms with Gasteiger partial charge in [-0.25, -0.2) is 0 Å².